The minimum Gasteiger partial charge on any atom is -0.346 e. The minimum absolute atomic E-state index is 0.192. The first-order chi connectivity index (χ1) is 15.1. The predicted octanol–water partition coefficient (Wildman–Crippen LogP) is 5.35. The van der Waals surface area contributed by atoms with Crippen molar-refractivity contribution in [3.8, 4) is 22.3 Å². The van der Waals surface area contributed by atoms with Crippen molar-refractivity contribution < 1.29 is 4.79 Å². The third-order valence-corrected chi connectivity index (χ3v) is 6.88. The first kappa shape index (κ1) is 18.3. The summed E-state index contributed by atoms with van der Waals surface area (Å²) < 4.78 is 0. The molecule has 0 bridgehead atoms. The fourth-order valence-corrected chi connectivity index (χ4v) is 4.95. The molecule has 1 aromatic carbocycles. The maximum atomic E-state index is 13.1. The van der Waals surface area contributed by atoms with Crippen LogP contribution in [0.1, 0.15) is 41.3 Å². The van der Waals surface area contributed by atoms with Gasteiger partial charge in [-0.1, -0.05) is 6.07 Å². The number of carbonyl (C=O) groups excluding carboxylic acids is 1. The van der Waals surface area contributed by atoms with Crippen LogP contribution < -0.4 is 0 Å². The Bertz CT molecular complexity index is 1320. The highest BCUT2D eigenvalue weighted by Crippen LogP contribution is 2.40. The van der Waals surface area contributed by atoms with Crippen molar-refractivity contribution in [2.45, 2.75) is 39.3 Å². The number of carbonyl (C=O) groups is 1. The van der Waals surface area contributed by atoms with Crippen molar-refractivity contribution in [2.75, 3.05) is 0 Å². The van der Waals surface area contributed by atoms with Gasteiger partial charge in [-0.3, -0.25) is 9.78 Å². The summed E-state index contributed by atoms with van der Waals surface area (Å²) in [6, 6.07) is 10.8. The Kier molecular flexibility index (Phi) is 4.00. The van der Waals surface area contributed by atoms with Crippen LogP contribution in [0.3, 0.4) is 0 Å². The molecule has 4 aromatic rings. The Morgan fingerprint density at radius 2 is 1.90 bits per heavy atom. The van der Waals surface area contributed by atoms with Crippen LogP contribution >= 0.6 is 0 Å². The Balaban J connectivity index is 1.41. The maximum Gasteiger partial charge on any atom is 0.255 e. The second-order valence-corrected chi connectivity index (χ2v) is 8.90. The predicted molar refractivity (Wildman–Crippen MR) is 122 cm³/mol. The summed E-state index contributed by atoms with van der Waals surface area (Å²) in [4.78, 5) is 27.2. The molecule has 4 heterocycles. The summed E-state index contributed by atoms with van der Waals surface area (Å²) in [5.41, 5.74) is 8.35. The van der Waals surface area contributed by atoms with E-state index in [-0.39, 0.29) is 5.91 Å². The average molecular weight is 409 g/mol. The number of fused-ring (bicyclic) bond motifs is 2. The zero-order valence-corrected chi connectivity index (χ0v) is 17.7. The number of hydrogen-bond acceptors (Lipinski definition) is 3. The van der Waals surface area contributed by atoms with Crippen LogP contribution in [0.5, 0.6) is 0 Å². The molecule has 3 aromatic heterocycles. The molecule has 1 atom stereocenters. The van der Waals surface area contributed by atoms with E-state index in [0.717, 1.165) is 50.0 Å². The molecular weight excluding hydrogens is 384 g/mol. The van der Waals surface area contributed by atoms with Gasteiger partial charge in [0.25, 0.3) is 5.91 Å². The molecule has 2 aliphatic rings. The van der Waals surface area contributed by atoms with Gasteiger partial charge in [0, 0.05) is 59.5 Å². The molecule has 1 fully saturated rings. The highest BCUT2D eigenvalue weighted by atomic mass is 16.2. The standard InChI is InChI=1S/C26H24N4O/c1-15-9-19(10-21-14-30(26(31)24(15)21)16(2)17-3-4-17)20-11-22-23(13-29-25(22)28-12-20)18-5-7-27-8-6-18/h5-13,16-17H,3-4,14H2,1-2H3,(H,28,29)/t16-/m0/s1. The van der Waals surface area contributed by atoms with Crippen LogP contribution in [0.2, 0.25) is 0 Å². The van der Waals surface area contributed by atoms with Gasteiger partial charge in [0.05, 0.1) is 0 Å². The molecule has 1 N–H and O–H groups in total. The molecule has 0 unspecified atom stereocenters. The average Bonchev–Trinajstić information content (AvgIpc) is 3.47. The van der Waals surface area contributed by atoms with Gasteiger partial charge in [-0.15, -0.1) is 0 Å². The van der Waals surface area contributed by atoms with E-state index in [1.54, 1.807) is 12.4 Å². The van der Waals surface area contributed by atoms with Crippen LogP contribution in [-0.2, 0) is 6.54 Å². The van der Waals surface area contributed by atoms with Gasteiger partial charge in [0.2, 0.25) is 0 Å². The molecule has 31 heavy (non-hydrogen) atoms. The van der Waals surface area contributed by atoms with Crippen molar-refractivity contribution in [1.29, 1.82) is 0 Å². The molecule has 1 aliphatic heterocycles. The van der Waals surface area contributed by atoms with E-state index < -0.39 is 0 Å². The smallest absolute Gasteiger partial charge is 0.255 e. The number of nitrogens with one attached hydrogen (secondary N) is 1. The first-order valence-electron chi connectivity index (χ1n) is 10.9. The monoisotopic (exact) mass is 408 g/mol. The summed E-state index contributed by atoms with van der Waals surface area (Å²) in [5, 5.41) is 1.09. The molecule has 154 valence electrons. The molecular formula is C26H24N4O. The topological polar surface area (TPSA) is 61.9 Å². The lowest BCUT2D eigenvalue weighted by Crippen LogP contribution is -2.34. The third-order valence-electron chi connectivity index (χ3n) is 6.88. The fourth-order valence-electron chi connectivity index (χ4n) is 4.95. The number of aromatic amines is 1. The molecule has 6 rings (SSSR count). The second kappa shape index (κ2) is 6.77. The molecule has 5 nitrogen and oxygen atoms in total. The molecule has 1 saturated carbocycles. The van der Waals surface area contributed by atoms with Gasteiger partial charge in [0.15, 0.2) is 0 Å². The molecule has 1 aliphatic carbocycles. The number of aromatic nitrogens is 3. The van der Waals surface area contributed by atoms with Crippen molar-refractivity contribution in [2.24, 2.45) is 5.92 Å². The van der Waals surface area contributed by atoms with E-state index in [0.29, 0.717) is 18.5 Å². The Hall–Kier alpha value is -3.47. The van der Waals surface area contributed by atoms with Gasteiger partial charge in [-0.25, -0.2) is 4.98 Å². The lowest BCUT2D eigenvalue weighted by molar-refractivity contribution is 0.0697. The van der Waals surface area contributed by atoms with Gasteiger partial charge in [0.1, 0.15) is 5.65 Å². The first-order valence-corrected chi connectivity index (χ1v) is 10.9. The summed E-state index contributed by atoms with van der Waals surface area (Å²) in [6.45, 7) is 4.96. The molecule has 5 heteroatoms. The molecule has 1 amide bonds. The van der Waals surface area contributed by atoms with E-state index in [9.17, 15) is 4.79 Å². The number of nitrogens with zero attached hydrogens (tertiary/aromatic N) is 3. The molecule has 0 saturated heterocycles. The Labute approximate surface area is 181 Å². The van der Waals surface area contributed by atoms with Crippen molar-refractivity contribution >= 4 is 16.9 Å². The number of H-pyrrole nitrogens is 1. The van der Waals surface area contributed by atoms with E-state index in [1.807, 2.05) is 24.5 Å². The van der Waals surface area contributed by atoms with Crippen LogP contribution in [0, 0.1) is 12.8 Å². The lowest BCUT2D eigenvalue weighted by atomic mass is 9.96. The normalized spacial score (nSPS) is 16.7. The number of benzene rings is 1. The van der Waals surface area contributed by atoms with E-state index in [4.69, 9.17) is 0 Å². The largest absolute Gasteiger partial charge is 0.346 e. The highest BCUT2D eigenvalue weighted by Gasteiger charge is 2.39. The van der Waals surface area contributed by atoms with Crippen LogP contribution in [0.25, 0.3) is 33.3 Å². The zero-order valence-electron chi connectivity index (χ0n) is 17.7. The van der Waals surface area contributed by atoms with Crippen LogP contribution in [-0.4, -0.2) is 31.8 Å². The molecule has 0 spiro atoms. The van der Waals surface area contributed by atoms with Crippen molar-refractivity contribution in [1.82, 2.24) is 19.9 Å². The number of pyridine rings is 2. The number of aryl methyl sites for hydroxylation is 1. The quantitative estimate of drug-likeness (QED) is 0.495. The van der Waals surface area contributed by atoms with Gasteiger partial charge in [-0.2, -0.15) is 0 Å². The SMILES string of the molecule is Cc1cc(-c2cnc3[nH]cc(-c4ccncc4)c3c2)cc2c1C(=O)N([C@@H](C)C1CC1)C2. The zero-order chi connectivity index (χ0) is 21.1. The summed E-state index contributed by atoms with van der Waals surface area (Å²) >= 11 is 0. The Morgan fingerprint density at radius 1 is 1.10 bits per heavy atom. The van der Waals surface area contributed by atoms with Gasteiger partial charge >= 0.3 is 0 Å². The summed E-state index contributed by atoms with van der Waals surface area (Å²) in [5.74, 6) is 0.863. The number of amides is 1. The lowest BCUT2D eigenvalue weighted by Gasteiger charge is -2.24. The van der Waals surface area contributed by atoms with Crippen LogP contribution in [0.15, 0.2) is 55.1 Å². The van der Waals surface area contributed by atoms with Crippen molar-refractivity contribution in [3.63, 3.8) is 0 Å². The summed E-state index contributed by atoms with van der Waals surface area (Å²) in [7, 11) is 0. The maximum absolute atomic E-state index is 13.1. The van der Waals surface area contributed by atoms with E-state index in [2.05, 4.69) is 51.9 Å². The van der Waals surface area contributed by atoms with Crippen LogP contribution in [0.4, 0.5) is 0 Å². The third kappa shape index (κ3) is 2.95. The molecule has 0 radical (unpaired) electrons. The Morgan fingerprint density at radius 3 is 2.68 bits per heavy atom. The van der Waals surface area contributed by atoms with Crippen molar-refractivity contribution in [3.05, 3.63) is 71.8 Å². The van der Waals surface area contributed by atoms with Gasteiger partial charge < -0.3 is 9.88 Å². The highest BCUT2D eigenvalue weighted by molar-refractivity contribution is 6.01. The van der Waals surface area contributed by atoms with E-state index in [1.165, 1.54) is 12.8 Å². The summed E-state index contributed by atoms with van der Waals surface area (Å²) in [6.07, 6.45) is 10.0. The fraction of sp³-hybridized carbons (Fsp3) is 0.269. The second-order valence-electron chi connectivity index (χ2n) is 8.90. The number of hydrogen-bond donors (Lipinski definition) is 1. The number of rotatable bonds is 4. The minimum atomic E-state index is 0.192. The van der Waals surface area contributed by atoms with Gasteiger partial charge in [-0.05, 0) is 79.1 Å². The van der Waals surface area contributed by atoms with E-state index >= 15 is 0 Å².